The van der Waals surface area contributed by atoms with Crippen molar-refractivity contribution in [2.75, 3.05) is 0 Å². The molecule has 0 fully saturated rings. The normalized spacial score (nSPS) is 14.1. The molecule has 1 nitrogen and oxygen atoms in total. The van der Waals surface area contributed by atoms with Gasteiger partial charge in [-0.1, -0.05) is 225 Å². The highest BCUT2D eigenvalue weighted by atomic mass is 28.3. The minimum atomic E-state index is -2.79. The second-order valence-corrected chi connectivity index (χ2v) is 20.1. The van der Waals surface area contributed by atoms with Gasteiger partial charge in [-0.3, -0.25) is 0 Å². The van der Waals surface area contributed by atoms with Crippen LogP contribution < -0.4 is 31.2 Å². The summed E-state index contributed by atoms with van der Waals surface area (Å²) in [4.78, 5) is 0. The van der Waals surface area contributed by atoms with Gasteiger partial charge in [0.25, 0.3) is 0 Å². The predicted octanol–water partition coefficient (Wildman–Crippen LogP) is 10.6. The topological polar surface area (TPSA) is 4.93 Å². The molecule has 0 bridgehead atoms. The van der Waals surface area contributed by atoms with Crippen molar-refractivity contribution in [3.8, 4) is 11.1 Å². The van der Waals surface area contributed by atoms with Crippen molar-refractivity contribution in [1.29, 1.82) is 0 Å². The van der Waals surface area contributed by atoms with Crippen molar-refractivity contribution in [3.63, 3.8) is 0 Å². The van der Waals surface area contributed by atoms with Crippen LogP contribution in [0.3, 0.4) is 0 Å². The minimum absolute atomic E-state index is 0.179. The first-order valence-electron chi connectivity index (χ1n) is 21.5. The zero-order valence-corrected chi connectivity index (χ0v) is 35.2. The number of fused-ring (bicyclic) bond motifs is 6. The lowest BCUT2D eigenvalue weighted by Crippen LogP contribution is -2.74. The smallest absolute Gasteiger partial charge is 0.179 e. The molecule has 0 radical (unpaired) electrons. The molecular formula is C59H45NSi. The Balaban J connectivity index is 1.22. The van der Waals surface area contributed by atoms with Crippen molar-refractivity contribution in [3.05, 3.63) is 247 Å². The minimum Gasteiger partial charge on any atom is -0.312 e. The zero-order valence-electron chi connectivity index (χ0n) is 34.2. The number of hydrogen-bond acceptors (Lipinski definition) is 0. The van der Waals surface area contributed by atoms with Gasteiger partial charge in [0.05, 0.1) is 11.0 Å². The molecule has 0 amide bonds. The van der Waals surface area contributed by atoms with Gasteiger partial charge in [-0.15, -0.1) is 0 Å². The summed E-state index contributed by atoms with van der Waals surface area (Å²) in [7, 11) is -2.79. The molecule has 1 aromatic heterocycles. The molecular weight excluding hydrogens is 751 g/mol. The lowest BCUT2D eigenvalue weighted by atomic mass is 9.96. The van der Waals surface area contributed by atoms with E-state index in [9.17, 15) is 0 Å². The Morgan fingerprint density at radius 1 is 0.443 bits per heavy atom. The van der Waals surface area contributed by atoms with Crippen LogP contribution in [-0.4, -0.2) is 12.6 Å². The number of rotatable bonds is 8. The monoisotopic (exact) mass is 795 g/mol. The fraction of sp³-hybridized carbons (Fsp3) is 0.0508. The summed E-state index contributed by atoms with van der Waals surface area (Å²) in [5.41, 5.74) is 8.67. The number of hydrogen-bond donors (Lipinski definition) is 0. The third kappa shape index (κ3) is 6.14. The fourth-order valence-electron chi connectivity index (χ4n) is 10.2. The Bertz CT molecular complexity index is 3270. The second kappa shape index (κ2) is 15.4. The van der Waals surface area contributed by atoms with E-state index in [2.05, 4.69) is 248 Å². The number of nitrogens with zero attached hydrogens (tertiary/aromatic N) is 1. The van der Waals surface area contributed by atoms with Gasteiger partial charge >= 0.3 is 0 Å². The first kappa shape index (κ1) is 36.8. The van der Waals surface area contributed by atoms with E-state index in [0.717, 1.165) is 6.42 Å². The molecule has 1 heterocycles. The third-order valence-electron chi connectivity index (χ3n) is 13.0. The summed E-state index contributed by atoms with van der Waals surface area (Å²) in [6, 6.07) is 83.7. The first-order valence-corrected chi connectivity index (χ1v) is 23.5. The maximum absolute atomic E-state index is 2.79. The number of aromatic nitrogens is 1. The lowest BCUT2D eigenvalue weighted by Gasteiger charge is -2.34. The summed E-state index contributed by atoms with van der Waals surface area (Å²) < 4.78 is 2.60. The summed E-state index contributed by atoms with van der Waals surface area (Å²) >= 11 is 0. The lowest BCUT2D eigenvalue weighted by molar-refractivity contribution is 0.796. The number of allylic oxidation sites excluding steroid dienone is 2. The van der Waals surface area contributed by atoms with Crippen molar-refractivity contribution < 1.29 is 0 Å². The van der Waals surface area contributed by atoms with Gasteiger partial charge < -0.3 is 4.57 Å². The SMILES string of the molecule is CCC1C=c2ccccc2=C(c2ccc(-c3ccccc3)cc2)C=C1n1c2ccc([Si](c3ccccc3)(c3ccccc3)c3ccccc3)cc2c2c3ccccc3ccc21. The first-order chi connectivity index (χ1) is 30.2. The average Bonchev–Trinajstić information content (AvgIpc) is 3.57. The molecule has 0 saturated carbocycles. The molecule has 2 heteroatoms. The average molecular weight is 796 g/mol. The Morgan fingerprint density at radius 3 is 1.64 bits per heavy atom. The predicted molar refractivity (Wildman–Crippen MR) is 263 cm³/mol. The van der Waals surface area contributed by atoms with E-state index < -0.39 is 8.07 Å². The van der Waals surface area contributed by atoms with E-state index in [1.165, 1.54) is 91.7 Å². The zero-order chi connectivity index (χ0) is 40.8. The highest BCUT2D eigenvalue weighted by Crippen LogP contribution is 2.40. The van der Waals surface area contributed by atoms with Crippen molar-refractivity contribution in [1.82, 2.24) is 4.57 Å². The Hall–Kier alpha value is -7.26. The maximum atomic E-state index is 2.60. The van der Waals surface area contributed by atoms with Gasteiger partial charge in [0.15, 0.2) is 8.07 Å². The van der Waals surface area contributed by atoms with Crippen molar-refractivity contribution in [2.45, 2.75) is 13.3 Å². The van der Waals surface area contributed by atoms with Crippen LogP contribution in [-0.2, 0) is 0 Å². The van der Waals surface area contributed by atoms with E-state index >= 15 is 0 Å². The van der Waals surface area contributed by atoms with Crippen LogP contribution in [0.25, 0.3) is 61.1 Å². The molecule has 290 valence electrons. The molecule has 11 rings (SSSR count). The van der Waals surface area contributed by atoms with Gasteiger partial charge in [0, 0.05) is 22.4 Å². The van der Waals surface area contributed by atoms with E-state index in [0.29, 0.717) is 0 Å². The Kier molecular flexibility index (Phi) is 9.29. The highest BCUT2D eigenvalue weighted by molar-refractivity contribution is 7.20. The van der Waals surface area contributed by atoms with Crippen LogP contribution in [0.4, 0.5) is 0 Å². The van der Waals surface area contributed by atoms with Crippen LogP contribution in [0.15, 0.2) is 231 Å². The van der Waals surface area contributed by atoms with Crippen LogP contribution in [0.1, 0.15) is 18.9 Å². The summed E-state index contributed by atoms with van der Waals surface area (Å²) in [5, 5.41) is 13.2. The van der Waals surface area contributed by atoms with E-state index in [1.807, 2.05) is 0 Å². The van der Waals surface area contributed by atoms with Gasteiger partial charge in [0.1, 0.15) is 0 Å². The van der Waals surface area contributed by atoms with Crippen LogP contribution >= 0.6 is 0 Å². The largest absolute Gasteiger partial charge is 0.312 e. The third-order valence-corrected chi connectivity index (χ3v) is 17.8. The molecule has 0 N–H and O–H groups in total. The van der Waals surface area contributed by atoms with E-state index in [1.54, 1.807) is 0 Å². The molecule has 10 aromatic rings. The second-order valence-electron chi connectivity index (χ2n) is 16.3. The van der Waals surface area contributed by atoms with Gasteiger partial charge in [-0.05, 0) is 88.8 Å². The van der Waals surface area contributed by atoms with Crippen LogP contribution in [0.5, 0.6) is 0 Å². The summed E-state index contributed by atoms with van der Waals surface area (Å²) in [6.07, 6.45) is 5.99. The summed E-state index contributed by atoms with van der Waals surface area (Å²) in [5.74, 6) is 0.179. The maximum Gasteiger partial charge on any atom is 0.179 e. The molecule has 1 aliphatic carbocycles. The van der Waals surface area contributed by atoms with Crippen LogP contribution in [0.2, 0.25) is 0 Å². The molecule has 0 aliphatic heterocycles. The molecule has 1 unspecified atom stereocenters. The molecule has 9 aromatic carbocycles. The fourth-order valence-corrected chi connectivity index (χ4v) is 14.9. The molecule has 0 saturated heterocycles. The van der Waals surface area contributed by atoms with Crippen LogP contribution in [0, 0.1) is 5.92 Å². The van der Waals surface area contributed by atoms with Gasteiger partial charge in [0.2, 0.25) is 0 Å². The molecule has 1 atom stereocenters. The standard InChI is InChI=1S/C59H45NSi/c1-2-42-39-47-22-16-17-29-52(47)54(46-33-31-44(32-34-46)43-19-7-3-8-20-43)41-58(42)60-56-38-36-51(40-55(56)59-53-30-18-15-21-45(53)35-37-57(59)60)61(48-23-9-4-10-24-48,49-25-11-5-12-26-49)50-27-13-6-14-28-50/h3-42H,2H2,1H3. The van der Waals surface area contributed by atoms with Gasteiger partial charge in [-0.2, -0.15) is 0 Å². The van der Waals surface area contributed by atoms with E-state index in [4.69, 9.17) is 0 Å². The van der Waals surface area contributed by atoms with Crippen molar-refractivity contribution in [2.24, 2.45) is 5.92 Å². The van der Waals surface area contributed by atoms with Crippen molar-refractivity contribution >= 4 is 78.7 Å². The Labute approximate surface area is 358 Å². The Morgan fingerprint density at radius 2 is 0.984 bits per heavy atom. The van der Waals surface area contributed by atoms with E-state index in [-0.39, 0.29) is 5.92 Å². The quantitative estimate of drug-likeness (QED) is 0.107. The summed E-state index contributed by atoms with van der Waals surface area (Å²) in [6.45, 7) is 2.33. The van der Waals surface area contributed by atoms with Gasteiger partial charge in [-0.25, -0.2) is 0 Å². The highest BCUT2D eigenvalue weighted by Gasteiger charge is 2.41. The molecule has 61 heavy (non-hydrogen) atoms. The molecule has 0 spiro atoms. The number of benzene rings is 9. The molecule has 1 aliphatic rings.